The van der Waals surface area contributed by atoms with Gasteiger partial charge in [-0.15, -0.1) is 0 Å². The second-order valence-corrected chi connectivity index (χ2v) is 10.8. The van der Waals surface area contributed by atoms with E-state index in [1.165, 1.54) is 4.31 Å². The highest BCUT2D eigenvalue weighted by atomic mass is 32.2. The van der Waals surface area contributed by atoms with E-state index >= 15 is 0 Å². The summed E-state index contributed by atoms with van der Waals surface area (Å²) >= 11 is 0. The monoisotopic (exact) mass is 452 g/mol. The van der Waals surface area contributed by atoms with Gasteiger partial charge in [-0.2, -0.15) is 4.31 Å². The average Bonchev–Trinajstić information content (AvgIpc) is 2.72. The van der Waals surface area contributed by atoms with Crippen molar-refractivity contribution in [2.45, 2.75) is 58.3 Å². The Morgan fingerprint density at radius 2 is 1.68 bits per heavy atom. The van der Waals surface area contributed by atoms with Crippen molar-refractivity contribution in [3.63, 3.8) is 0 Å². The van der Waals surface area contributed by atoms with Crippen LogP contribution in [0.2, 0.25) is 0 Å². The molecule has 2 rings (SSSR count). The quantitative estimate of drug-likeness (QED) is 0.537. The zero-order valence-electron chi connectivity index (χ0n) is 19.3. The van der Waals surface area contributed by atoms with Gasteiger partial charge in [-0.25, -0.2) is 8.42 Å². The van der Waals surface area contributed by atoms with Gasteiger partial charge in [-0.05, 0) is 49.3 Å². The fraction of sp³-hybridized carbons (Fsp3) is 0.652. The second-order valence-electron chi connectivity index (χ2n) is 8.82. The van der Waals surface area contributed by atoms with E-state index in [2.05, 4.69) is 13.8 Å². The van der Waals surface area contributed by atoms with Crippen molar-refractivity contribution in [2.75, 3.05) is 32.8 Å². The lowest BCUT2D eigenvalue weighted by Gasteiger charge is -2.34. The van der Waals surface area contributed by atoms with E-state index in [-0.39, 0.29) is 35.8 Å². The molecule has 0 saturated carbocycles. The number of piperidine rings is 1. The molecule has 0 bridgehead atoms. The van der Waals surface area contributed by atoms with Gasteiger partial charge in [-0.1, -0.05) is 39.8 Å². The lowest BCUT2D eigenvalue weighted by Crippen LogP contribution is -2.46. The molecular weight excluding hydrogens is 416 g/mol. The molecular formula is C23H36N2O5S. The van der Waals surface area contributed by atoms with Crippen LogP contribution in [-0.4, -0.2) is 62.3 Å². The van der Waals surface area contributed by atoms with Crippen molar-refractivity contribution < 1.29 is 22.7 Å². The smallest absolute Gasteiger partial charge is 0.325 e. The first-order valence-electron chi connectivity index (χ1n) is 11.1. The molecule has 1 amide bonds. The standard InChI is InChI=1S/C23H36N2O5S/c1-6-30-22(26)16-24(15-17(2)3)23(27)20-11-13-25(14-12-20)31(28,29)21-9-7-19(8-10-21)18(4)5/h7-10,17-18,20H,6,11-16H2,1-5H3. The molecule has 1 saturated heterocycles. The van der Waals surface area contributed by atoms with E-state index in [0.717, 1.165) is 5.56 Å². The van der Waals surface area contributed by atoms with Gasteiger partial charge in [-0.3, -0.25) is 9.59 Å². The van der Waals surface area contributed by atoms with Crippen LogP contribution in [-0.2, 0) is 24.3 Å². The first-order valence-corrected chi connectivity index (χ1v) is 12.5. The highest BCUT2D eigenvalue weighted by Gasteiger charge is 2.34. The van der Waals surface area contributed by atoms with Gasteiger partial charge in [0.15, 0.2) is 0 Å². The van der Waals surface area contributed by atoms with Gasteiger partial charge < -0.3 is 9.64 Å². The van der Waals surface area contributed by atoms with E-state index in [1.807, 2.05) is 26.0 Å². The van der Waals surface area contributed by atoms with Crippen LogP contribution in [0, 0.1) is 11.8 Å². The van der Waals surface area contributed by atoms with Gasteiger partial charge >= 0.3 is 5.97 Å². The zero-order chi connectivity index (χ0) is 23.2. The maximum atomic E-state index is 13.1. The molecule has 1 fully saturated rings. The molecule has 0 aliphatic carbocycles. The fourth-order valence-electron chi connectivity index (χ4n) is 3.81. The number of esters is 1. The Bertz CT molecular complexity index is 841. The average molecular weight is 453 g/mol. The largest absolute Gasteiger partial charge is 0.465 e. The zero-order valence-corrected chi connectivity index (χ0v) is 20.2. The number of sulfonamides is 1. The number of rotatable bonds is 9. The van der Waals surface area contributed by atoms with E-state index in [1.54, 1.807) is 24.0 Å². The molecule has 1 aliphatic heterocycles. The summed E-state index contributed by atoms with van der Waals surface area (Å²) in [7, 11) is -3.58. The molecule has 1 heterocycles. The number of carbonyl (C=O) groups excluding carboxylic acids is 2. The normalized spacial score (nSPS) is 16.0. The summed E-state index contributed by atoms with van der Waals surface area (Å²) in [5, 5.41) is 0. The highest BCUT2D eigenvalue weighted by molar-refractivity contribution is 7.89. The Balaban J connectivity index is 2.03. The van der Waals surface area contributed by atoms with E-state index in [9.17, 15) is 18.0 Å². The molecule has 174 valence electrons. The number of nitrogens with zero attached hydrogens (tertiary/aromatic N) is 2. The maximum Gasteiger partial charge on any atom is 0.325 e. The minimum Gasteiger partial charge on any atom is -0.465 e. The predicted molar refractivity (Wildman–Crippen MR) is 120 cm³/mol. The molecule has 1 aliphatic rings. The maximum absolute atomic E-state index is 13.1. The third kappa shape index (κ3) is 6.77. The van der Waals surface area contributed by atoms with Gasteiger partial charge in [0.2, 0.25) is 15.9 Å². The summed E-state index contributed by atoms with van der Waals surface area (Å²) in [4.78, 5) is 26.8. The van der Waals surface area contributed by atoms with Crippen LogP contribution in [0.5, 0.6) is 0 Å². The van der Waals surface area contributed by atoms with E-state index < -0.39 is 16.0 Å². The van der Waals surface area contributed by atoms with Crippen LogP contribution in [0.3, 0.4) is 0 Å². The molecule has 0 atom stereocenters. The van der Waals surface area contributed by atoms with Gasteiger partial charge in [0.1, 0.15) is 6.54 Å². The van der Waals surface area contributed by atoms with Crippen LogP contribution < -0.4 is 0 Å². The fourth-order valence-corrected chi connectivity index (χ4v) is 5.28. The summed E-state index contributed by atoms with van der Waals surface area (Å²) in [5.41, 5.74) is 1.09. The Labute approximate surface area is 186 Å². The van der Waals surface area contributed by atoms with Crippen LogP contribution in [0.1, 0.15) is 58.9 Å². The molecule has 1 aromatic rings. The summed E-state index contributed by atoms with van der Waals surface area (Å²) in [5.74, 6) is -0.251. The molecule has 0 radical (unpaired) electrons. The molecule has 7 nitrogen and oxygen atoms in total. The first-order chi connectivity index (χ1) is 14.6. The summed E-state index contributed by atoms with van der Waals surface area (Å²) in [6.45, 7) is 11.1. The minimum atomic E-state index is -3.58. The Morgan fingerprint density at radius 3 is 2.16 bits per heavy atom. The Morgan fingerprint density at radius 1 is 1.10 bits per heavy atom. The number of carbonyl (C=O) groups is 2. The van der Waals surface area contributed by atoms with Crippen LogP contribution >= 0.6 is 0 Å². The van der Waals surface area contributed by atoms with Crippen LogP contribution in [0.25, 0.3) is 0 Å². The SMILES string of the molecule is CCOC(=O)CN(CC(C)C)C(=O)C1CCN(S(=O)(=O)c2ccc(C(C)C)cc2)CC1. The van der Waals surface area contributed by atoms with Crippen molar-refractivity contribution in [3.05, 3.63) is 29.8 Å². The number of benzene rings is 1. The number of hydrogen-bond acceptors (Lipinski definition) is 5. The number of amides is 1. The second kappa shape index (κ2) is 11.1. The van der Waals surface area contributed by atoms with Crippen LogP contribution in [0.4, 0.5) is 0 Å². The number of ether oxygens (including phenoxy) is 1. The number of hydrogen-bond donors (Lipinski definition) is 0. The van der Waals surface area contributed by atoms with E-state index in [4.69, 9.17) is 4.74 Å². The van der Waals surface area contributed by atoms with Crippen molar-refractivity contribution in [1.29, 1.82) is 0 Å². The predicted octanol–water partition coefficient (Wildman–Crippen LogP) is 3.26. The topological polar surface area (TPSA) is 84.0 Å². The van der Waals surface area contributed by atoms with E-state index in [0.29, 0.717) is 38.4 Å². The van der Waals surface area contributed by atoms with Gasteiger partial charge in [0, 0.05) is 25.6 Å². The molecule has 0 aromatic heterocycles. The summed E-state index contributed by atoms with van der Waals surface area (Å²) < 4.78 is 32.5. The lowest BCUT2D eigenvalue weighted by atomic mass is 9.96. The lowest BCUT2D eigenvalue weighted by molar-refractivity contribution is -0.151. The molecule has 0 spiro atoms. The van der Waals surface area contributed by atoms with Crippen molar-refractivity contribution in [2.24, 2.45) is 11.8 Å². The molecule has 31 heavy (non-hydrogen) atoms. The molecule has 8 heteroatoms. The van der Waals surface area contributed by atoms with Crippen molar-refractivity contribution in [1.82, 2.24) is 9.21 Å². The molecule has 1 aromatic carbocycles. The minimum absolute atomic E-state index is 0.0639. The summed E-state index contributed by atoms with van der Waals surface area (Å²) in [6, 6.07) is 7.03. The highest BCUT2D eigenvalue weighted by Crippen LogP contribution is 2.26. The van der Waals surface area contributed by atoms with Gasteiger partial charge in [0.25, 0.3) is 0 Å². The molecule has 0 unspecified atom stereocenters. The van der Waals surface area contributed by atoms with Crippen LogP contribution in [0.15, 0.2) is 29.2 Å². The summed E-state index contributed by atoms with van der Waals surface area (Å²) in [6.07, 6.45) is 0.888. The van der Waals surface area contributed by atoms with Crippen molar-refractivity contribution >= 4 is 21.9 Å². The first kappa shape index (κ1) is 25.3. The molecule has 0 N–H and O–H groups in total. The third-order valence-corrected chi connectivity index (χ3v) is 7.42. The third-order valence-electron chi connectivity index (χ3n) is 5.51. The Hall–Kier alpha value is -1.93. The Kier molecular flexibility index (Phi) is 9.06. The van der Waals surface area contributed by atoms with Crippen molar-refractivity contribution in [3.8, 4) is 0 Å². The van der Waals surface area contributed by atoms with Gasteiger partial charge in [0.05, 0.1) is 11.5 Å².